The molecule has 0 aliphatic carbocycles. The average molecular weight is 629 g/mol. The minimum absolute atomic E-state index is 0.0194. The van der Waals surface area contributed by atoms with Gasteiger partial charge in [-0.25, -0.2) is 12.8 Å². The maximum Gasteiger partial charge on any atom is 0.416 e. The highest BCUT2D eigenvalue weighted by molar-refractivity contribution is 7.90. The lowest BCUT2D eigenvalue weighted by Gasteiger charge is -2.46. The van der Waals surface area contributed by atoms with Crippen LogP contribution in [-0.2, 0) is 36.8 Å². The molecule has 3 aromatic rings. The van der Waals surface area contributed by atoms with Crippen LogP contribution in [0.1, 0.15) is 41.5 Å². The maximum absolute atomic E-state index is 14.0. The molecule has 4 atom stereocenters. The number of aromatic amines is 1. The fourth-order valence-electron chi connectivity index (χ4n) is 5.60. The van der Waals surface area contributed by atoms with Gasteiger partial charge in [-0.2, -0.15) is 23.5 Å². The smallest absolute Gasteiger partial charge is 0.379 e. The number of H-pyrrole nitrogens is 1. The molecule has 0 bridgehead atoms. The molecule has 0 radical (unpaired) electrons. The summed E-state index contributed by atoms with van der Waals surface area (Å²) < 4.78 is 97.6. The van der Waals surface area contributed by atoms with Crippen molar-refractivity contribution in [1.29, 1.82) is 0 Å². The lowest BCUT2D eigenvalue weighted by atomic mass is 9.99. The number of morpholine rings is 2. The summed E-state index contributed by atoms with van der Waals surface area (Å²) in [5.74, 6) is 0.191. The predicted octanol–water partition coefficient (Wildman–Crippen LogP) is 4.01. The monoisotopic (exact) mass is 628 g/mol. The summed E-state index contributed by atoms with van der Waals surface area (Å²) in [4.78, 5) is 1.73. The molecule has 15 heteroatoms. The first-order valence-electron chi connectivity index (χ1n) is 13.8. The van der Waals surface area contributed by atoms with E-state index in [0.29, 0.717) is 49.4 Å². The molecular weight excluding hydrogens is 594 g/mol. The summed E-state index contributed by atoms with van der Waals surface area (Å²) >= 11 is 0. The quantitative estimate of drug-likeness (QED) is 0.295. The molecule has 2 saturated heterocycles. The van der Waals surface area contributed by atoms with Gasteiger partial charge in [0.25, 0.3) is 5.82 Å². The molecule has 1 unspecified atom stereocenters. The first-order valence-corrected chi connectivity index (χ1v) is 15.6. The van der Waals surface area contributed by atoms with Crippen molar-refractivity contribution in [3.8, 4) is 0 Å². The summed E-state index contributed by atoms with van der Waals surface area (Å²) in [5.41, 5.74) is 0.283. The highest BCUT2D eigenvalue weighted by Gasteiger charge is 2.50. The lowest BCUT2D eigenvalue weighted by molar-refractivity contribution is -0.224. The van der Waals surface area contributed by atoms with E-state index in [-0.39, 0.29) is 16.7 Å². The highest BCUT2D eigenvalue weighted by Crippen LogP contribution is 2.42. The number of likely N-dealkylation sites (N-methyl/N-ethyl adjacent to an activating group) is 1. The van der Waals surface area contributed by atoms with Crippen molar-refractivity contribution in [1.82, 2.24) is 24.8 Å². The van der Waals surface area contributed by atoms with Crippen LogP contribution in [0.25, 0.3) is 0 Å². The Balaban J connectivity index is 1.52. The number of halogens is 4. The van der Waals surface area contributed by atoms with Crippen molar-refractivity contribution < 1.29 is 40.2 Å². The van der Waals surface area contributed by atoms with E-state index < -0.39 is 50.7 Å². The third kappa shape index (κ3) is 6.91. The molecule has 2 aliphatic heterocycles. The van der Waals surface area contributed by atoms with Gasteiger partial charge in [0.15, 0.2) is 21.6 Å². The van der Waals surface area contributed by atoms with Crippen LogP contribution in [0.3, 0.4) is 0 Å². The van der Waals surface area contributed by atoms with E-state index in [9.17, 15) is 26.0 Å². The minimum atomic E-state index is -4.77. The zero-order valence-electron chi connectivity index (χ0n) is 24.0. The van der Waals surface area contributed by atoms with Gasteiger partial charge in [0.05, 0.1) is 50.0 Å². The Labute approximate surface area is 247 Å². The van der Waals surface area contributed by atoms with E-state index in [1.807, 2.05) is 7.05 Å². The van der Waals surface area contributed by atoms with E-state index in [1.54, 1.807) is 12.1 Å². The minimum Gasteiger partial charge on any atom is -0.379 e. The van der Waals surface area contributed by atoms with Gasteiger partial charge >= 0.3 is 6.18 Å². The summed E-state index contributed by atoms with van der Waals surface area (Å²) in [5, 5.41) is 11.7. The molecule has 1 N–H and O–H groups in total. The number of nitrogens with one attached hydrogen (secondary N) is 1. The zero-order valence-corrected chi connectivity index (χ0v) is 24.8. The summed E-state index contributed by atoms with van der Waals surface area (Å²) in [6.07, 6.45) is -5.95. The maximum atomic E-state index is 14.0. The van der Waals surface area contributed by atoms with Gasteiger partial charge < -0.3 is 14.2 Å². The lowest BCUT2D eigenvalue weighted by Crippen LogP contribution is -2.60. The van der Waals surface area contributed by atoms with Crippen LogP contribution in [0.5, 0.6) is 0 Å². The Morgan fingerprint density at radius 3 is 2.47 bits per heavy atom. The van der Waals surface area contributed by atoms with E-state index in [4.69, 9.17) is 14.2 Å². The van der Waals surface area contributed by atoms with Gasteiger partial charge in [0.1, 0.15) is 12.4 Å². The normalized spacial score (nSPS) is 24.6. The number of rotatable bonds is 8. The number of ether oxygens (including phenoxy) is 3. The van der Waals surface area contributed by atoms with E-state index in [2.05, 4.69) is 20.3 Å². The molecule has 2 aliphatic rings. The molecule has 3 heterocycles. The van der Waals surface area contributed by atoms with Gasteiger partial charge in [-0.3, -0.25) is 9.38 Å². The number of nitrogens with zero attached hydrogens (tertiary/aromatic N) is 4. The standard InChI is InChI=1S/C28H34F4N5O5S/c1-18(20-14-21(28(30,31)32)16-23(15-20)43(3,38)39)42-27-25(19-4-6-22(29)7-5-19)37(2,10-13-41-27)26-24(33-35-34-26)17-36-8-11-40-12-9-36/h4-7,14-16,18,25,27H,8-13,17H2,1-3H3,(H,33,34,35)/q+1/t18-,25+,27-,37?/m1/s1. The number of quaternary nitrogens is 1. The SMILES string of the molecule is C[C@@H](O[C@H]1OCC[N+](C)(c2n[nH]nc2CN2CCOCC2)[C@H]1c1ccc(F)cc1)c1cc(C(F)(F)F)cc(S(C)(=O)=O)c1. The van der Waals surface area contributed by atoms with E-state index in [0.717, 1.165) is 25.4 Å². The molecule has 2 fully saturated rings. The van der Waals surface area contributed by atoms with Crippen molar-refractivity contribution in [3.05, 3.63) is 70.7 Å². The van der Waals surface area contributed by atoms with Crippen LogP contribution in [-0.4, -0.2) is 87.8 Å². The Kier molecular flexibility index (Phi) is 8.94. The fraction of sp³-hybridized carbons (Fsp3) is 0.500. The second kappa shape index (κ2) is 12.2. The highest BCUT2D eigenvalue weighted by atomic mass is 32.2. The number of alkyl halides is 3. The van der Waals surface area contributed by atoms with Crippen LogP contribution in [0.15, 0.2) is 47.4 Å². The second-order valence-corrected chi connectivity index (χ2v) is 13.1. The Morgan fingerprint density at radius 2 is 1.81 bits per heavy atom. The van der Waals surface area contributed by atoms with Crippen molar-refractivity contribution in [2.24, 2.45) is 0 Å². The second-order valence-electron chi connectivity index (χ2n) is 11.0. The third-order valence-corrected chi connectivity index (χ3v) is 9.07. The van der Waals surface area contributed by atoms with Crippen molar-refractivity contribution in [3.63, 3.8) is 0 Å². The van der Waals surface area contributed by atoms with Crippen molar-refractivity contribution in [2.75, 3.05) is 52.8 Å². The Bertz CT molecular complexity index is 1530. The molecular formula is C28H34F4N5O5S+. The van der Waals surface area contributed by atoms with Crippen LogP contribution >= 0.6 is 0 Å². The van der Waals surface area contributed by atoms with Crippen molar-refractivity contribution in [2.45, 2.75) is 43.0 Å². The average Bonchev–Trinajstić information content (AvgIpc) is 3.42. The number of aromatic nitrogens is 3. The van der Waals surface area contributed by atoms with E-state index >= 15 is 0 Å². The topological polar surface area (TPSA) is 107 Å². The molecule has 5 rings (SSSR count). The number of hydrogen-bond donors (Lipinski definition) is 1. The summed E-state index contributed by atoms with van der Waals surface area (Å²) in [6, 6.07) is 7.89. The first-order chi connectivity index (χ1) is 20.3. The predicted molar refractivity (Wildman–Crippen MR) is 148 cm³/mol. The van der Waals surface area contributed by atoms with Gasteiger partial charge in [-0.1, -0.05) is 5.10 Å². The van der Waals surface area contributed by atoms with Gasteiger partial charge in [0.2, 0.25) is 6.29 Å². The summed E-state index contributed by atoms with van der Waals surface area (Å²) in [6.45, 7) is 5.39. The number of sulfone groups is 1. The molecule has 10 nitrogen and oxygen atoms in total. The van der Waals surface area contributed by atoms with Gasteiger partial charge in [-0.05, 0) is 55.0 Å². The number of benzene rings is 2. The zero-order chi connectivity index (χ0) is 31.0. The fourth-order valence-corrected chi connectivity index (χ4v) is 6.29. The first kappa shape index (κ1) is 31.5. The van der Waals surface area contributed by atoms with Gasteiger partial charge in [-0.15, -0.1) is 0 Å². The Hall–Kier alpha value is -2.95. The number of hydrogen-bond acceptors (Lipinski definition) is 8. The molecule has 0 saturated carbocycles. The van der Waals surface area contributed by atoms with Gasteiger partial charge in [0, 0.05) is 24.9 Å². The van der Waals surface area contributed by atoms with Crippen LogP contribution in [0.2, 0.25) is 0 Å². The molecule has 0 spiro atoms. The Morgan fingerprint density at radius 1 is 1.12 bits per heavy atom. The van der Waals surface area contributed by atoms with E-state index in [1.165, 1.54) is 25.1 Å². The molecule has 1 aromatic heterocycles. The largest absolute Gasteiger partial charge is 0.416 e. The van der Waals surface area contributed by atoms with Crippen LogP contribution in [0.4, 0.5) is 23.4 Å². The van der Waals surface area contributed by atoms with Crippen LogP contribution in [0, 0.1) is 5.82 Å². The molecule has 0 amide bonds. The summed E-state index contributed by atoms with van der Waals surface area (Å²) in [7, 11) is -2.02. The molecule has 234 valence electrons. The molecule has 2 aromatic carbocycles. The third-order valence-electron chi connectivity index (χ3n) is 7.97. The molecule has 43 heavy (non-hydrogen) atoms. The van der Waals surface area contributed by atoms with Crippen molar-refractivity contribution >= 4 is 15.7 Å². The van der Waals surface area contributed by atoms with Crippen LogP contribution < -0.4 is 4.48 Å².